The number of hydrogen-bond donors (Lipinski definition) is 1. The molecule has 0 spiro atoms. The fraction of sp³-hybridized carbons (Fsp3) is 0.273. The highest BCUT2D eigenvalue weighted by molar-refractivity contribution is 6.07. The maximum Gasteiger partial charge on any atom is 0.252 e. The van der Waals surface area contributed by atoms with Gasteiger partial charge in [-0.1, -0.05) is 37.3 Å². The van der Waals surface area contributed by atoms with Gasteiger partial charge in [0, 0.05) is 17.0 Å². The average molecular weight is 332 g/mol. The quantitative estimate of drug-likeness (QED) is 0.726. The summed E-state index contributed by atoms with van der Waals surface area (Å²) in [6, 6.07) is 16.2. The minimum Gasteiger partial charge on any atom is -0.350 e. The van der Waals surface area contributed by atoms with Gasteiger partial charge in [-0.25, -0.2) is 4.98 Å². The molecule has 1 heterocycles. The van der Waals surface area contributed by atoms with E-state index in [1.165, 1.54) is 11.1 Å². The largest absolute Gasteiger partial charge is 0.350 e. The summed E-state index contributed by atoms with van der Waals surface area (Å²) in [5.41, 5.74) is 5.85. The smallest absolute Gasteiger partial charge is 0.252 e. The molecule has 3 rings (SSSR count). The highest BCUT2D eigenvalue weighted by Gasteiger charge is 2.15. The maximum atomic E-state index is 12.8. The number of aromatic nitrogens is 1. The van der Waals surface area contributed by atoms with Crippen molar-refractivity contribution in [3.8, 4) is 11.3 Å². The molecule has 128 valence electrons. The number of nitrogens with zero attached hydrogens (tertiary/aromatic N) is 1. The van der Waals surface area contributed by atoms with Crippen molar-refractivity contribution in [2.45, 2.75) is 40.2 Å². The van der Waals surface area contributed by atoms with Crippen LogP contribution in [0.5, 0.6) is 0 Å². The normalized spacial score (nSPS) is 12.2. The van der Waals surface area contributed by atoms with Crippen LogP contribution in [0.3, 0.4) is 0 Å². The van der Waals surface area contributed by atoms with Gasteiger partial charge in [0.05, 0.1) is 16.8 Å². The van der Waals surface area contributed by atoms with E-state index in [-0.39, 0.29) is 11.9 Å². The average Bonchev–Trinajstić information content (AvgIpc) is 2.62. The molecule has 0 aliphatic carbocycles. The number of amides is 1. The number of benzene rings is 2. The van der Waals surface area contributed by atoms with Crippen molar-refractivity contribution in [2.75, 3.05) is 0 Å². The van der Waals surface area contributed by atoms with Crippen LogP contribution >= 0.6 is 0 Å². The third-order valence-electron chi connectivity index (χ3n) is 4.75. The topological polar surface area (TPSA) is 42.0 Å². The predicted octanol–water partition coefficient (Wildman–Crippen LogP) is 5.05. The molecule has 1 atom stereocenters. The molecule has 3 aromatic rings. The number of rotatable bonds is 4. The highest BCUT2D eigenvalue weighted by atomic mass is 16.1. The fourth-order valence-corrected chi connectivity index (χ4v) is 2.82. The molecular formula is C22H24N2O. The van der Waals surface area contributed by atoms with Crippen molar-refractivity contribution in [3.05, 3.63) is 65.2 Å². The van der Waals surface area contributed by atoms with Crippen LogP contribution in [0.15, 0.2) is 48.5 Å². The first-order chi connectivity index (χ1) is 12.0. The molecule has 3 nitrogen and oxygen atoms in total. The van der Waals surface area contributed by atoms with Gasteiger partial charge in [-0.2, -0.15) is 0 Å². The first kappa shape index (κ1) is 17.2. The molecule has 3 heteroatoms. The van der Waals surface area contributed by atoms with Crippen LogP contribution in [0, 0.1) is 13.8 Å². The Labute approximate surface area is 149 Å². The van der Waals surface area contributed by atoms with Crippen molar-refractivity contribution in [3.63, 3.8) is 0 Å². The van der Waals surface area contributed by atoms with Crippen LogP contribution in [-0.2, 0) is 0 Å². The second kappa shape index (κ2) is 7.06. The van der Waals surface area contributed by atoms with E-state index < -0.39 is 0 Å². The summed E-state index contributed by atoms with van der Waals surface area (Å²) in [5.74, 6) is -0.0435. The van der Waals surface area contributed by atoms with E-state index in [9.17, 15) is 4.79 Å². The van der Waals surface area contributed by atoms with Gasteiger partial charge in [-0.05, 0) is 56.5 Å². The van der Waals surface area contributed by atoms with E-state index >= 15 is 0 Å². The number of hydrogen-bond acceptors (Lipinski definition) is 2. The van der Waals surface area contributed by atoms with Gasteiger partial charge < -0.3 is 5.32 Å². The third kappa shape index (κ3) is 3.55. The lowest BCUT2D eigenvalue weighted by atomic mass is 10.0. The van der Waals surface area contributed by atoms with Gasteiger partial charge in [-0.15, -0.1) is 0 Å². The van der Waals surface area contributed by atoms with Crippen LogP contribution in [0.2, 0.25) is 0 Å². The second-order valence-corrected chi connectivity index (χ2v) is 6.65. The molecule has 0 bridgehead atoms. The van der Waals surface area contributed by atoms with Gasteiger partial charge >= 0.3 is 0 Å². The number of para-hydroxylation sites is 1. The number of carbonyl (C=O) groups is 1. The molecule has 0 radical (unpaired) electrons. The van der Waals surface area contributed by atoms with Gasteiger partial charge in [0.1, 0.15) is 0 Å². The Morgan fingerprint density at radius 1 is 1.08 bits per heavy atom. The van der Waals surface area contributed by atoms with E-state index in [1.807, 2.05) is 37.3 Å². The maximum absolute atomic E-state index is 12.8. The van der Waals surface area contributed by atoms with Crippen LogP contribution < -0.4 is 5.32 Å². The zero-order valence-corrected chi connectivity index (χ0v) is 15.3. The lowest BCUT2D eigenvalue weighted by Gasteiger charge is -2.14. The molecule has 0 unspecified atom stereocenters. The van der Waals surface area contributed by atoms with E-state index in [0.29, 0.717) is 5.56 Å². The Bertz CT molecular complexity index is 930. The summed E-state index contributed by atoms with van der Waals surface area (Å²) < 4.78 is 0. The predicted molar refractivity (Wildman–Crippen MR) is 104 cm³/mol. The third-order valence-corrected chi connectivity index (χ3v) is 4.75. The number of pyridine rings is 1. The molecule has 0 aliphatic heterocycles. The van der Waals surface area contributed by atoms with Crippen LogP contribution in [-0.4, -0.2) is 16.9 Å². The number of carbonyl (C=O) groups excluding carboxylic acids is 1. The molecule has 1 amide bonds. The Morgan fingerprint density at radius 2 is 1.84 bits per heavy atom. The van der Waals surface area contributed by atoms with Crippen molar-refractivity contribution in [1.82, 2.24) is 10.3 Å². The lowest BCUT2D eigenvalue weighted by molar-refractivity contribution is 0.0941. The molecule has 0 aliphatic rings. The second-order valence-electron chi connectivity index (χ2n) is 6.65. The highest BCUT2D eigenvalue weighted by Crippen LogP contribution is 2.26. The molecule has 1 aromatic heterocycles. The molecule has 0 fully saturated rings. The molecule has 0 saturated carbocycles. The van der Waals surface area contributed by atoms with Crippen LogP contribution in [0.1, 0.15) is 41.8 Å². The molecule has 0 saturated heterocycles. The minimum absolute atomic E-state index is 0.0435. The van der Waals surface area contributed by atoms with Crippen LogP contribution in [0.4, 0.5) is 0 Å². The monoisotopic (exact) mass is 332 g/mol. The molecule has 1 N–H and O–H groups in total. The fourth-order valence-electron chi connectivity index (χ4n) is 2.82. The van der Waals surface area contributed by atoms with E-state index in [2.05, 4.69) is 44.3 Å². The first-order valence-corrected chi connectivity index (χ1v) is 8.78. The van der Waals surface area contributed by atoms with Crippen molar-refractivity contribution in [2.24, 2.45) is 0 Å². The van der Waals surface area contributed by atoms with Gasteiger partial charge in [0.15, 0.2) is 0 Å². The molecule has 2 aromatic carbocycles. The molecule has 25 heavy (non-hydrogen) atoms. The summed E-state index contributed by atoms with van der Waals surface area (Å²) in [7, 11) is 0. The zero-order chi connectivity index (χ0) is 18.0. The van der Waals surface area contributed by atoms with Gasteiger partial charge in [-0.3, -0.25) is 4.79 Å². The van der Waals surface area contributed by atoms with E-state index in [1.54, 1.807) is 0 Å². The number of fused-ring (bicyclic) bond motifs is 1. The Kier molecular flexibility index (Phi) is 4.84. The summed E-state index contributed by atoms with van der Waals surface area (Å²) >= 11 is 0. The van der Waals surface area contributed by atoms with Crippen molar-refractivity contribution in [1.29, 1.82) is 0 Å². The minimum atomic E-state index is -0.0435. The Balaban J connectivity index is 2.15. The van der Waals surface area contributed by atoms with E-state index in [0.717, 1.165) is 28.6 Å². The van der Waals surface area contributed by atoms with Crippen molar-refractivity contribution < 1.29 is 4.79 Å². The number of aryl methyl sites for hydroxylation is 2. The Morgan fingerprint density at radius 3 is 2.56 bits per heavy atom. The standard InChI is InChI=1S/C22H24N2O/c1-5-16(4)23-22(25)19-13-21(17-11-10-14(2)15(3)12-17)24-20-9-7-6-8-18(19)20/h6-13,16H,5H2,1-4H3,(H,23,25)/t16-/m1/s1. The SMILES string of the molecule is CC[C@@H](C)NC(=O)c1cc(-c2ccc(C)c(C)c2)nc2ccccc12. The van der Waals surface area contributed by atoms with Crippen LogP contribution in [0.25, 0.3) is 22.2 Å². The number of nitrogens with one attached hydrogen (secondary N) is 1. The van der Waals surface area contributed by atoms with Gasteiger partial charge in [0.25, 0.3) is 5.91 Å². The summed E-state index contributed by atoms with van der Waals surface area (Å²) in [5, 5.41) is 3.96. The van der Waals surface area contributed by atoms with E-state index in [4.69, 9.17) is 4.98 Å². The summed E-state index contributed by atoms with van der Waals surface area (Å²) in [6.45, 7) is 8.27. The first-order valence-electron chi connectivity index (χ1n) is 8.78. The van der Waals surface area contributed by atoms with Gasteiger partial charge in [0.2, 0.25) is 0 Å². The molecular weight excluding hydrogens is 308 g/mol. The lowest BCUT2D eigenvalue weighted by Crippen LogP contribution is -2.32. The van der Waals surface area contributed by atoms with Crippen molar-refractivity contribution >= 4 is 16.8 Å². The Hall–Kier alpha value is -2.68. The summed E-state index contributed by atoms with van der Waals surface area (Å²) in [6.07, 6.45) is 0.902. The zero-order valence-electron chi connectivity index (χ0n) is 15.3. The summed E-state index contributed by atoms with van der Waals surface area (Å²) in [4.78, 5) is 17.6.